The molecule has 3 aromatic heterocycles. The zero-order valence-electron chi connectivity index (χ0n) is 16.4. The van der Waals surface area contributed by atoms with Gasteiger partial charge in [-0.05, 0) is 31.2 Å². The van der Waals surface area contributed by atoms with Crippen LogP contribution in [0.2, 0.25) is 0 Å². The summed E-state index contributed by atoms with van der Waals surface area (Å²) in [4.78, 5) is 13.9. The molecular weight excluding hydrogens is 368 g/mol. The van der Waals surface area contributed by atoms with E-state index in [1.165, 1.54) is 5.56 Å². The van der Waals surface area contributed by atoms with E-state index in [2.05, 4.69) is 76.1 Å². The molecule has 0 saturated heterocycles. The van der Waals surface area contributed by atoms with Crippen molar-refractivity contribution >= 4 is 32.6 Å². The molecule has 3 aromatic carbocycles. The van der Waals surface area contributed by atoms with Crippen LogP contribution in [0.5, 0.6) is 0 Å². The molecule has 4 heteroatoms. The Bertz CT molecular complexity index is 1530. The summed E-state index contributed by atoms with van der Waals surface area (Å²) in [5, 5.41) is 4.36. The topological polar surface area (TPSA) is 43.6 Å². The maximum Gasteiger partial charge on any atom is 0.145 e. The number of rotatable bonds is 2. The lowest BCUT2D eigenvalue weighted by Gasteiger charge is -2.12. The van der Waals surface area contributed by atoms with Gasteiger partial charge in [-0.3, -0.25) is 14.5 Å². The second-order valence-corrected chi connectivity index (χ2v) is 7.51. The Hall–Kier alpha value is -4.05. The van der Waals surface area contributed by atoms with Crippen LogP contribution in [0.25, 0.3) is 49.7 Å². The summed E-state index contributed by atoms with van der Waals surface area (Å²) < 4.78 is 2.27. The molecule has 30 heavy (non-hydrogen) atoms. The van der Waals surface area contributed by atoms with Gasteiger partial charge in [0.1, 0.15) is 5.82 Å². The summed E-state index contributed by atoms with van der Waals surface area (Å²) in [5.74, 6) is 0.928. The van der Waals surface area contributed by atoms with Gasteiger partial charge < -0.3 is 0 Å². The normalized spacial score (nSPS) is 11.5. The first kappa shape index (κ1) is 16.9. The van der Waals surface area contributed by atoms with Crippen LogP contribution in [0, 0.1) is 6.92 Å². The van der Waals surface area contributed by atoms with Crippen LogP contribution < -0.4 is 0 Å². The van der Waals surface area contributed by atoms with Gasteiger partial charge in [0.05, 0.1) is 11.0 Å². The molecule has 3 heterocycles. The fraction of sp³-hybridized carbons (Fsp3) is 0.0385. The lowest BCUT2D eigenvalue weighted by molar-refractivity contribution is 1.10. The summed E-state index contributed by atoms with van der Waals surface area (Å²) in [6.07, 6.45) is 7.51. The summed E-state index contributed by atoms with van der Waals surface area (Å²) in [7, 11) is 0. The van der Waals surface area contributed by atoms with Crippen molar-refractivity contribution in [2.75, 3.05) is 0 Å². The minimum Gasteiger partial charge on any atom is -0.292 e. The van der Waals surface area contributed by atoms with Crippen molar-refractivity contribution < 1.29 is 0 Å². The lowest BCUT2D eigenvalue weighted by Crippen LogP contribution is -1.98. The predicted octanol–water partition coefficient (Wildman–Crippen LogP) is 6.10. The largest absolute Gasteiger partial charge is 0.292 e. The third-order valence-corrected chi connectivity index (χ3v) is 5.64. The zero-order chi connectivity index (χ0) is 20.1. The highest BCUT2D eigenvalue weighted by Gasteiger charge is 2.19. The molecule has 0 N–H and O–H groups in total. The van der Waals surface area contributed by atoms with Crippen LogP contribution >= 0.6 is 0 Å². The summed E-state index contributed by atoms with van der Waals surface area (Å²) in [5.41, 5.74) is 5.47. The molecule has 0 bridgehead atoms. The molecule has 6 rings (SSSR count). The first-order chi connectivity index (χ1) is 14.8. The second-order valence-electron chi connectivity index (χ2n) is 7.51. The highest BCUT2D eigenvalue weighted by atomic mass is 15.1. The van der Waals surface area contributed by atoms with Gasteiger partial charge in [-0.2, -0.15) is 0 Å². The number of aromatic nitrogens is 4. The SMILES string of the molecule is Cc1ccc(-n2c(-c3ccccc3)nc3c4ccncc4c4cnccc4c32)cc1. The maximum absolute atomic E-state index is 5.17. The average molecular weight is 386 g/mol. The van der Waals surface area contributed by atoms with Crippen LogP contribution in [0.15, 0.2) is 91.5 Å². The molecule has 0 spiro atoms. The summed E-state index contributed by atoms with van der Waals surface area (Å²) in [6.45, 7) is 2.11. The highest BCUT2D eigenvalue weighted by molar-refractivity contribution is 6.23. The van der Waals surface area contributed by atoms with Crippen molar-refractivity contribution in [1.29, 1.82) is 0 Å². The quantitative estimate of drug-likeness (QED) is 0.338. The Balaban J connectivity index is 1.87. The van der Waals surface area contributed by atoms with E-state index in [0.717, 1.165) is 49.7 Å². The number of pyridine rings is 2. The van der Waals surface area contributed by atoms with E-state index in [4.69, 9.17) is 4.98 Å². The Morgan fingerprint density at radius 2 is 1.33 bits per heavy atom. The van der Waals surface area contributed by atoms with Gasteiger partial charge >= 0.3 is 0 Å². The van der Waals surface area contributed by atoms with E-state index in [9.17, 15) is 0 Å². The van der Waals surface area contributed by atoms with E-state index < -0.39 is 0 Å². The van der Waals surface area contributed by atoms with Crippen molar-refractivity contribution in [3.8, 4) is 17.1 Å². The van der Waals surface area contributed by atoms with E-state index in [1.54, 1.807) is 0 Å². The number of imidazole rings is 1. The van der Waals surface area contributed by atoms with Crippen molar-refractivity contribution in [2.45, 2.75) is 6.92 Å². The van der Waals surface area contributed by atoms with Gasteiger partial charge in [-0.15, -0.1) is 0 Å². The Morgan fingerprint density at radius 1 is 0.667 bits per heavy atom. The van der Waals surface area contributed by atoms with Crippen molar-refractivity contribution in [1.82, 2.24) is 19.5 Å². The first-order valence-electron chi connectivity index (χ1n) is 9.95. The summed E-state index contributed by atoms with van der Waals surface area (Å²) in [6, 6.07) is 23.1. The van der Waals surface area contributed by atoms with Crippen molar-refractivity contribution in [3.63, 3.8) is 0 Å². The van der Waals surface area contributed by atoms with Gasteiger partial charge in [0.2, 0.25) is 0 Å². The van der Waals surface area contributed by atoms with E-state index in [-0.39, 0.29) is 0 Å². The Labute approximate surface area is 173 Å². The van der Waals surface area contributed by atoms with Gasteiger partial charge in [-0.25, -0.2) is 4.98 Å². The van der Waals surface area contributed by atoms with Gasteiger partial charge in [0.15, 0.2) is 0 Å². The molecule has 0 aliphatic heterocycles. The van der Waals surface area contributed by atoms with Gasteiger partial charge in [-0.1, -0.05) is 48.0 Å². The van der Waals surface area contributed by atoms with Crippen LogP contribution in [-0.4, -0.2) is 19.5 Å². The first-order valence-corrected chi connectivity index (χ1v) is 9.95. The third kappa shape index (κ3) is 2.44. The standard InChI is InChI=1S/C26H18N4/c1-17-7-9-19(10-8-17)30-25-21-12-14-28-16-23(21)22-15-27-13-11-20(22)24(25)29-26(30)18-5-3-2-4-6-18/h2-16H,1H3. The number of hydrogen-bond acceptors (Lipinski definition) is 3. The van der Waals surface area contributed by atoms with Crippen LogP contribution in [0.1, 0.15) is 5.56 Å². The minimum atomic E-state index is 0.928. The van der Waals surface area contributed by atoms with E-state index >= 15 is 0 Å². The molecule has 6 aromatic rings. The monoisotopic (exact) mass is 386 g/mol. The molecule has 0 atom stereocenters. The molecule has 0 amide bonds. The van der Waals surface area contributed by atoms with Crippen LogP contribution in [0.3, 0.4) is 0 Å². The number of nitrogens with zero attached hydrogens (tertiary/aromatic N) is 4. The third-order valence-electron chi connectivity index (χ3n) is 5.64. The lowest BCUT2D eigenvalue weighted by atomic mass is 10.0. The number of benzene rings is 3. The number of aryl methyl sites for hydroxylation is 1. The number of fused-ring (bicyclic) bond motifs is 6. The molecule has 142 valence electrons. The summed E-state index contributed by atoms with van der Waals surface area (Å²) >= 11 is 0. The van der Waals surface area contributed by atoms with Crippen molar-refractivity contribution in [2.24, 2.45) is 0 Å². The molecule has 0 radical (unpaired) electrons. The zero-order valence-corrected chi connectivity index (χ0v) is 16.4. The molecule has 0 unspecified atom stereocenters. The predicted molar refractivity (Wildman–Crippen MR) is 122 cm³/mol. The number of hydrogen-bond donors (Lipinski definition) is 0. The Morgan fingerprint density at radius 3 is 2.07 bits per heavy atom. The van der Waals surface area contributed by atoms with Gasteiger partial charge in [0, 0.05) is 57.6 Å². The average Bonchev–Trinajstić information content (AvgIpc) is 3.21. The van der Waals surface area contributed by atoms with E-state index in [1.807, 2.05) is 36.9 Å². The van der Waals surface area contributed by atoms with Crippen LogP contribution in [-0.2, 0) is 0 Å². The fourth-order valence-corrected chi connectivity index (χ4v) is 4.21. The molecule has 4 nitrogen and oxygen atoms in total. The molecule has 0 aliphatic carbocycles. The minimum absolute atomic E-state index is 0.928. The van der Waals surface area contributed by atoms with E-state index in [0.29, 0.717) is 0 Å². The van der Waals surface area contributed by atoms with Gasteiger partial charge in [0.25, 0.3) is 0 Å². The molecule has 0 aliphatic rings. The molecule has 0 fully saturated rings. The fourth-order valence-electron chi connectivity index (χ4n) is 4.21. The molecular formula is C26H18N4. The highest BCUT2D eigenvalue weighted by Crippen LogP contribution is 2.38. The van der Waals surface area contributed by atoms with Crippen LogP contribution in [0.4, 0.5) is 0 Å². The maximum atomic E-state index is 5.17. The second kappa shape index (κ2) is 6.49. The Kier molecular flexibility index (Phi) is 3.65. The molecule has 0 saturated carbocycles. The van der Waals surface area contributed by atoms with Crippen molar-refractivity contribution in [3.05, 3.63) is 97.1 Å². The smallest absolute Gasteiger partial charge is 0.145 e.